The van der Waals surface area contributed by atoms with Crippen LogP contribution in [0.15, 0.2) is 36.4 Å². The smallest absolute Gasteiger partial charge is 0.167 e. The zero-order chi connectivity index (χ0) is 14.5. The van der Waals surface area contributed by atoms with Crippen LogP contribution in [-0.4, -0.2) is 6.54 Å². The van der Waals surface area contributed by atoms with Crippen LogP contribution in [0, 0.1) is 18.6 Å². The normalized spacial score (nSPS) is 10.6. The van der Waals surface area contributed by atoms with Crippen LogP contribution in [0.4, 0.5) is 8.78 Å². The third kappa shape index (κ3) is 3.33. The van der Waals surface area contributed by atoms with Gasteiger partial charge in [0, 0.05) is 18.2 Å². The van der Waals surface area contributed by atoms with E-state index in [1.165, 1.54) is 18.2 Å². The van der Waals surface area contributed by atoms with Gasteiger partial charge < -0.3 is 10.1 Å². The summed E-state index contributed by atoms with van der Waals surface area (Å²) in [6.45, 7) is 5.03. The standard InChI is InChI=1S/C16H17F2NO/c1-3-19-10-12-5-4-6-14(18)16(12)20-15-9-13(17)8-7-11(15)2/h4-9,19H,3,10H2,1-2H3. The minimum atomic E-state index is -0.455. The molecule has 0 saturated heterocycles. The van der Waals surface area contributed by atoms with Crippen molar-refractivity contribution in [2.45, 2.75) is 20.4 Å². The molecule has 20 heavy (non-hydrogen) atoms. The second-order valence-electron chi connectivity index (χ2n) is 4.52. The Morgan fingerprint density at radius 3 is 2.70 bits per heavy atom. The Morgan fingerprint density at radius 2 is 1.95 bits per heavy atom. The molecule has 0 aromatic heterocycles. The minimum Gasteiger partial charge on any atom is -0.454 e. The summed E-state index contributed by atoms with van der Waals surface area (Å²) in [5.74, 6) is -0.394. The first kappa shape index (κ1) is 14.5. The SMILES string of the molecule is CCNCc1cccc(F)c1Oc1cc(F)ccc1C. The van der Waals surface area contributed by atoms with Gasteiger partial charge in [-0.25, -0.2) is 8.78 Å². The first-order chi connectivity index (χ1) is 9.61. The molecule has 2 rings (SSSR count). The average Bonchev–Trinajstić information content (AvgIpc) is 2.43. The molecule has 0 radical (unpaired) electrons. The first-order valence-electron chi connectivity index (χ1n) is 6.54. The number of benzene rings is 2. The molecule has 2 aromatic rings. The second-order valence-corrected chi connectivity index (χ2v) is 4.52. The molecule has 0 aliphatic rings. The van der Waals surface area contributed by atoms with Crippen molar-refractivity contribution in [3.8, 4) is 11.5 Å². The van der Waals surface area contributed by atoms with Gasteiger partial charge in [-0.1, -0.05) is 25.1 Å². The maximum absolute atomic E-state index is 13.9. The van der Waals surface area contributed by atoms with Gasteiger partial charge in [0.15, 0.2) is 11.6 Å². The van der Waals surface area contributed by atoms with Gasteiger partial charge in [-0.15, -0.1) is 0 Å². The van der Waals surface area contributed by atoms with E-state index in [4.69, 9.17) is 4.74 Å². The van der Waals surface area contributed by atoms with E-state index >= 15 is 0 Å². The number of hydrogen-bond acceptors (Lipinski definition) is 2. The fourth-order valence-corrected chi connectivity index (χ4v) is 1.86. The Morgan fingerprint density at radius 1 is 1.15 bits per heavy atom. The van der Waals surface area contributed by atoms with Crippen LogP contribution in [0.3, 0.4) is 0 Å². The Kier molecular flexibility index (Phi) is 4.69. The van der Waals surface area contributed by atoms with E-state index in [1.807, 2.05) is 6.92 Å². The number of halogens is 2. The minimum absolute atomic E-state index is 0.141. The molecule has 106 valence electrons. The zero-order valence-corrected chi connectivity index (χ0v) is 11.5. The van der Waals surface area contributed by atoms with Crippen LogP contribution in [0.5, 0.6) is 11.5 Å². The lowest BCUT2D eigenvalue weighted by Crippen LogP contribution is -2.13. The van der Waals surface area contributed by atoms with E-state index < -0.39 is 11.6 Å². The van der Waals surface area contributed by atoms with Gasteiger partial charge in [0.05, 0.1) is 0 Å². The maximum atomic E-state index is 13.9. The lowest BCUT2D eigenvalue weighted by Gasteiger charge is -2.14. The van der Waals surface area contributed by atoms with Crippen LogP contribution in [-0.2, 0) is 6.54 Å². The number of nitrogens with one attached hydrogen (secondary N) is 1. The Hall–Kier alpha value is -1.94. The highest BCUT2D eigenvalue weighted by atomic mass is 19.1. The highest BCUT2D eigenvalue weighted by Gasteiger charge is 2.12. The van der Waals surface area contributed by atoms with Gasteiger partial charge in [0.2, 0.25) is 0 Å². The van der Waals surface area contributed by atoms with Crippen molar-refractivity contribution in [2.24, 2.45) is 0 Å². The van der Waals surface area contributed by atoms with Crippen LogP contribution >= 0.6 is 0 Å². The lowest BCUT2D eigenvalue weighted by molar-refractivity contribution is 0.428. The summed E-state index contributed by atoms with van der Waals surface area (Å²) < 4.78 is 32.8. The van der Waals surface area contributed by atoms with Crippen LogP contribution < -0.4 is 10.1 Å². The Bertz CT molecular complexity index is 599. The first-order valence-corrected chi connectivity index (χ1v) is 6.54. The largest absolute Gasteiger partial charge is 0.454 e. The Balaban J connectivity index is 2.34. The molecule has 0 aliphatic carbocycles. The highest BCUT2D eigenvalue weighted by molar-refractivity contribution is 5.42. The number of ether oxygens (including phenoxy) is 1. The summed E-state index contributed by atoms with van der Waals surface area (Å²) in [7, 11) is 0. The molecule has 0 spiro atoms. The summed E-state index contributed by atoms with van der Waals surface area (Å²) in [4.78, 5) is 0. The third-order valence-corrected chi connectivity index (χ3v) is 2.98. The zero-order valence-electron chi connectivity index (χ0n) is 11.5. The molecule has 0 amide bonds. The van der Waals surface area contributed by atoms with E-state index in [1.54, 1.807) is 25.1 Å². The second kappa shape index (κ2) is 6.48. The van der Waals surface area contributed by atoms with Crippen molar-refractivity contribution in [1.82, 2.24) is 5.32 Å². The molecular formula is C16H17F2NO. The summed E-state index contributed by atoms with van der Waals surface area (Å²) in [6, 6.07) is 8.97. The van der Waals surface area contributed by atoms with Crippen molar-refractivity contribution in [1.29, 1.82) is 0 Å². The molecule has 0 fully saturated rings. The molecule has 2 nitrogen and oxygen atoms in total. The van der Waals surface area contributed by atoms with Gasteiger partial charge in [-0.3, -0.25) is 0 Å². The van der Waals surface area contributed by atoms with Crippen molar-refractivity contribution in [2.75, 3.05) is 6.54 Å². The van der Waals surface area contributed by atoms with Crippen molar-refractivity contribution in [3.63, 3.8) is 0 Å². The lowest BCUT2D eigenvalue weighted by atomic mass is 10.1. The predicted molar refractivity (Wildman–Crippen MR) is 75.0 cm³/mol. The van der Waals surface area contributed by atoms with Gasteiger partial charge in [-0.2, -0.15) is 0 Å². The van der Waals surface area contributed by atoms with Gasteiger partial charge in [0.25, 0.3) is 0 Å². The summed E-state index contributed by atoms with van der Waals surface area (Å²) in [5.41, 5.74) is 1.46. The maximum Gasteiger partial charge on any atom is 0.167 e. The molecule has 0 aliphatic heterocycles. The number of hydrogen-bond donors (Lipinski definition) is 1. The van der Waals surface area contributed by atoms with Gasteiger partial charge in [0.1, 0.15) is 11.6 Å². The number of rotatable bonds is 5. The molecule has 2 aromatic carbocycles. The average molecular weight is 277 g/mol. The fraction of sp³-hybridized carbons (Fsp3) is 0.250. The molecule has 0 atom stereocenters. The fourth-order valence-electron chi connectivity index (χ4n) is 1.86. The van der Waals surface area contributed by atoms with E-state index in [0.717, 1.165) is 12.1 Å². The highest BCUT2D eigenvalue weighted by Crippen LogP contribution is 2.30. The van der Waals surface area contributed by atoms with Crippen LogP contribution in [0.1, 0.15) is 18.1 Å². The monoisotopic (exact) mass is 277 g/mol. The molecule has 0 unspecified atom stereocenters. The van der Waals surface area contributed by atoms with E-state index in [2.05, 4.69) is 5.32 Å². The van der Waals surface area contributed by atoms with E-state index in [-0.39, 0.29) is 5.75 Å². The van der Waals surface area contributed by atoms with Crippen molar-refractivity contribution in [3.05, 3.63) is 59.2 Å². The molecule has 1 N–H and O–H groups in total. The van der Waals surface area contributed by atoms with E-state index in [0.29, 0.717) is 17.9 Å². The topological polar surface area (TPSA) is 21.3 Å². The van der Waals surface area contributed by atoms with Crippen LogP contribution in [0.2, 0.25) is 0 Å². The summed E-state index contributed by atoms with van der Waals surface area (Å²) in [6.07, 6.45) is 0. The van der Waals surface area contributed by atoms with E-state index in [9.17, 15) is 8.78 Å². The van der Waals surface area contributed by atoms with Gasteiger partial charge >= 0.3 is 0 Å². The quantitative estimate of drug-likeness (QED) is 0.885. The van der Waals surface area contributed by atoms with Crippen LogP contribution in [0.25, 0.3) is 0 Å². The molecule has 0 heterocycles. The van der Waals surface area contributed by atoms with Gasteiger partial charge in [-0.05, 0) is 31.2 Å². The summed E-state index contributed by atoms with van der Waals surface area (Å²) >= 11 is 0. The molecule has 0 bridgehead atoms. The molecule has 4 heteroatoms. The predicted octanol–water partition coefficient (Wildman–Crippen LogP) is 4.18. The molecular weight excluding hydrogens is 260 g/mol. The number of para-hydroxylation sites is 1. The summed E-state index contributed by atoms with van der Waals surface area (Å²) in [5, 5.41) is 3.12. The Labute approximate surface area is 117 Å². The number of aryl methyl sites for hydroxylation is 1. The molecule has 0 saturated carbocycles. The third-order valence-electron chi connectivity index (χ3n) is 2.98. The van der Waals surface area contributed by atoms with Crippen molar-refractivity contribution >= 4 is 0 Å². The van der Waals surface area contributed by atoms with Crippen molar-refractivity contribution < 1.29 is 13.5 Å².